The zero-order valence-electron chi connectivity index (χ0n) is 32.5. The monoisotopic (exact) mass is 731 g/mol. The van der Waals surface area contributed by atoms with Crippen LogP contribution in [-0.2, 0) is 28.6 Å². The summed E-state index contributed by atoms with van der Waals surface area (Å²) in [6, 6.07) is 0. The fourth-order valence-electron chi connectivity index (χ4n) is 5.10. The number of nitrogens with one attached hydrogen (secondary N) is 3. The summed E-state index contributed by atoms with van der Waals surface area (Å²) >= 11 is 0. The molecular weight excluding hydrogens is 673 g/mol. The first-order valence-electron chi connectivity index (χ1n) is 16.4. The molecular formula is C36H58N3NaO11. The Morgan fingerprint density at radius 2 is 0.922 bits per heavy atom. The van der Waals surface area contributed by atoms with Crippen molar-refractivity contribution < 1.29 is 83.1 Å². The maximum atomic E-state index is 11.8. The fourth-order valence-corrected chi connectivity index (χ4v) is 5.10. The van der Waals surface area contributed by atoms with Gasteiger partial charge in [-0.05, 0) is 88.5 Å². The molecule has 14 nitrogen and oxygen atoms in total. The van der Waals surface area contributed by atoms with Crippen LogP contribution in [0.15, 0.2) is 38.0 Å². The van der Waals surface area contributed by atoms with Crippen LogP contribution in [0.2, 0.25) is 0 Å². The number of carbonyl (C=O) groups is 6. The Hall–Kier alpha value is -3.20. The molecule has 15 heteroatoms. The minimum absolute atomic E-state index is 0. The Morgan fingerprint density at radius 3 is 1.16 bits per heavy atom. The van der Waals surface area contributed by atoms with Crippen LogP contribution in [0.3, 0.4) is 0 Å². The van der Waals surface area contributed by atoms with Gasteiger partial charge in [0, 0.05) is 24.2 Å². The SMILES string of the molecule is C=CC1CC1(NC(=O)OC(C)(C)C)C(C)=O.C=CC1C[C@@]1(NC(=O)OC(C)(C)C)C(=O)O.C=C[C@H]1C[C@]1(NC(=O)OC(C)(C)C)C(=O)CC.[Na+].[OH-]. The van der Waals surface area contributed by atoms with Crippen LogP contribution in [0.5, 0.6) is 0 Å². The number of ketones is 2. The maximum absolute atomic E-state index is 11.8. The molecule has 0 saturated heterocycles. The summed E-state index contributed by atoms with van der Waals surface area (Å²) < 4.78 is 15.3. The second kappa shape index (κ2) is 18.5. The molecule has 3 fully saturated rings. The number of hydrogen-bond acceptors (Lipinski definition) is 10. The van der Waals surface area contributed by atoms with Crippen LogP contribution in [0.4, 0.5) is 14.4 Å². The Labute approximate surface area is 324 Å². The molecule has 5 N–H and O–H groups in total. The third kappa shape index (κ3) is 14.8. The number of amides is 3. The second-order valence-electron chi connectivity index (χ2n) is 15.6. The van der Waals surface area contributed by atoms with Gasteiger partial charge in [-0.2, -0.15) is 0 Å². The summed E-state index contributed by atoms with van der Waals surface area (Å²) in [5, 5.41) is 16.8. The number of alkyl carbamates (subject to hydrolysis) is 3. The van der Waals surface area contributed by atoms with Gasteiger partial charge in [0.1, 0.15) is 33.4 Å². The Bertz CT molecular complexity index is 1260. The quantitative estimate of drug-likeness (QED) is 0.146. The van der Waals surface area contributed by atoms with E-state index >= 15 is 0 Å². The molecule has 0 aromatic carbocycles. The van der Waals surface area contributed by atoms with Gasteiger partial charge < -0.3 is 40.7 Å². The van der Waals surface area contributed by atoms with Crippen molar-refractivity contribution in [2.75, 3.05) is 0 Å². The van der Waals surface area contributed by atoms with E-state index in [9.17, 15) is 28.8 Å². The Kier molecular flexibility index (Phi) is 18.1. The molecule has 0 aliphatic heterocycles. The van der Waals surface area contributed by atoms with E-state index in [4.69, 9.17) is 19.3 Å². The first-order chi connectivity index (χ1) is 22.2. The van der Waals surface area contributed by atoms with E-state index in [1.807, 2.05) is 0 Å². The van der Waals surface area contributed by atoms with E-state index in [1.54, 1.807) is 81.4 Å². The van der Waals surface area contributed by atoms with Crippen LogP contribution in [-0.4, -0.2) is 79.8 Å². The van der Waals surface area contributed by atoms with Gasteiger partial charge in [-0.25, -0.2) is 19.2 Å². The molecule has 3 saturated carbocycles. The molecule has 3 amide bonds. The molecule has 51 heavy (non-hydrogen) atoms. The molecule has 284 valence electrons. The number of carboxylic acid groups (broad SMARTS) is 1. The minimum atomic E-state index is -1.22. The van der Waals surface area contributed by atoms with Crippen molar-refractivity contribution in [2.24, 2.45) is 17.8 Å². The fraction of sp³-hybridized carbons (Fsp3) is 0.667. The van der Waals surface area contributed by atoms with E-state index in [2.05, 4.69) is 35.7 Å². The summed E-state index contributed by atoms with van der Waals surface area (Å²) in [4.78, 5) is 69.1. The molecule has 0 spiro atoms. The summed E-state index contributed by atoms with van der Waals surface area (Å²) in [6.07, 6.45) is 5.16. The first-order valence-corrected chi connectivity index (χ1v) is 16.4. The topological polar surface area (TPSA) is 216 Å². The van der Waals surface area contributed by atoms with Gasteiger partial charge >= 0.3 is 53.8 Å². The second-order valence-corrected chi connectivity index (χ2v) is 15.6. The normalized spacial score (nSPS) is 26.7. The minimum Gasteiger partial charge on any atom is -0.870 e. The first kappa shape index (κ1) is 49.9. The summed E-state index contributed by atoms with van der Waals surface area (Å²) in [6.45, 7) is 30.0. The van der Waals surface area contributed by atoms with E-state index in [1.165, 1.54) is 13.0 Å². The average Bonchev–Trinajstić information content (AvgIpc) is 3.84. The van der Waals surface area contributed by atoms with Crippen molar-refractivity contribution in [1.29, 1.82) is 0 Å². The third-order valence-electron chi connectivity index (χ3n) is 7.90. The summed E-state index contributed by atoms with van der Waals surface area (Å²) in [5.74, 6) is -1.24. The van der Waals surface area contributed by atoms with Crippen molar-refractivity contribution in [3.05, 3.63) is 38.0 Å². The molecule has 3 aliphatic carbocycles. The standard InChI is InChI=1S/C13H21NO3.C12H19NO3.C11H17NO4.Na.H2O/c1-6-9-8-13(9,10(15)7-2)14-11(16)17-12(3,4)5;1-6-9-7-12(9,8(2)14)13-10(15)16-11(3,4)5;1-5-7-6-11(7,8(13)14)12-9(15)16-10(2,3)4;;/h6,9H,1,7-8H2,2-5H3,(H,14,16);6,9H,1,7H2,2-5H3,(H,13,15);5,7H,1,6H2,2-4H3,(H,12,15)(H,13,14);;1H2/q;;;+1;/p-1/t9-,13+;;7?,11-;;/m0.0../s1. The predicted octanol–water partition coefficient (Wildman–Crippen LogP) is 2.85. The smallest absolute Gasteiger partial charge is 0.870 e. The van der Waals surface area contributed by atoms with Crippen LogP contribution in [0, 0.1) is 17.8 Å². The number of ether oxygens (including phenoxy) is 3. The van der Waals surface area contributed by atoms with Crippen molar-refractivity contribution in [2.45, 2.75) is 135 Å². The molecule has 0 heterocycles. The molecule has 0 aromatic rings. The van der Waals surface area contributed by atoms with E-state index in [-0.39, 0.29) is 64.4 Å². The van der Waals surface area contributed by atoms with Gasteiger partial charge in [0.2, 0.25) is 0 Å². The largest absolute Gasteiger partial charge is 1.00 e. The van der Waals surface area contributed by atoms with Gasteiger partial charge in [-0.15, -0.1) is 19.7 Å². The number of Topliss-reactive ketones (excluding diaryl/α,β-unsaturated/α-hetero) is 2. The molecule has 0 bridgehead atoms. The van der Waals surface area contributed by atoms with E-state index in [0.717, 1.165) is 0 Å². The zero-order chi connectivity index (χ0) is 38.4. The molecule has 0 aromatic heterocycles. The van der Waals surface area contributed by atoms with Crippen molar-refractivity contribution in [3.63, 3.8) is 0 Å². The van der Waals surface area contributed by atoms with Crippen LogP contribution in [0.1, 0.15) is 102 Å². The maximum Gasteiger partial charge on any atom is 1.00 e. The number of carbonyl (C=O) groups excluding carboxylic acids is 5. The zero-order valence-corrected chi connectivity index (χ0v) is 34.5. The molecule has 0 radical (unpaired) electrons. The van der Waals surface area contributed by atoms with Gasteiger partial charge in [0.25, 0.3) is 0 Å². The third-order valence-corrected chi connectivity index (χ3v) is 7.90. The van der Waals surface area contributed by atoms with Crippen molar-refractivity contribution >= 4 is 35.8 Å². The van der Waals surface area contributed by atoms with Gasteiger partial charge in [-0.3, -0.25) is 9.59 Å². The van der Waals surface area contributed by atoms with Crippen LogP contribution < -0.4 is 45.5 Å². The number of rotatable bonds is 10. The number of carboxylic acids is 1. The Balaban J connectivity index is 0. The van der Waals surface area contributed by atoms with Gasteiger partial charge in [-0.1, -0.05) is 25.2 Å². The van der Waals surface area contributed by atoms with E-state index in [0.29, 0.717) is 25.7 Å². The summed E-state index contributed by atoms with van der Waals surface area (Å²) in [5.41, 5.74) is -4.50. The van der Waals surface area contributed by atoms with Crippen LogP contribution >= 0.6 is 0 Å². The van der Waals surface area contributed by atoms with E-state index < -0.39 is 57.7 Å². The van der Waals surface area contributed by atoms with Gasteiger partial charge in [0.15, 0.2) is 11.6 Å². The molecule has 6 atom stereocenters. The average molecular weight is 732 g/mol. The van der Waals surface area contributed by atoms with Gasteiger partial charge in [0.05, 0.1) is 0 Å². The summed E-state index contributed by atoms with van der Waals surface area (Å²) in [7, 11) is 0. The Morgan fingerprint density at radius 1 is 0.647 bits per heavy atom. The van der Waals surface area contributed by atoms with Crippen molar-refractivity contribution in [3.8, 4) is 0 Å². The molecule has 3 unspecified atom stereocenters. The molecule has 3 rings (SSSR count). The number of aliphatic carboxylic acids is 1. The predicted molar refractivity (Wildman–Crippen MR) is 187 cm³/mol. The van der Waals surface area contributed by atoms with Crippen LogP contribution in [0.25, 0.3) is 0 Å². The van der Waals surface area contributed by atoms with Crippen molar-refractivity contribution in [1.82, 2.24) is 16.0 Å². The number of hydrogen-bond donors (Lipinski definition) is 4. The molecule has 3 aliphatic rings.